The maximum Gasteiger partial charge on any atom is 0.306 e. The van der Waals surface area contributed by atoms with Crippen molar-refractivity contribution in [2.24, 2.45) is 11.8 Å². The largest absolute Gasteiger partial charge is 0.458 e. The van der Waals surface area contributed by atoms with Gasteiger partial charge < -0.3 is 14.2 Å². The molecule has 0 unspecified atom stereocenters. The molecule has 0 radical (unpaired) electrons. The molecule has 0 spiro atoms. The number of carbonyl (C=O) groups excluding carboxylic acids is 2. The summed E-state index contributed by atoms with van der Waals surface area (Å²) < 4.78 is 16.9. The lowest BCUT2D eigenvalue weighted by Gasteiger charge is -2.32. The first-order chi connectivity index (χ1) is 10.1. The van der Waals surface area contributed by atoms with Gasteiger partial charge in [-0.05, 0) is 12.3 Å². The Morgan fingerprint density at radius 1 is 1.33 bits per heavy atom. The molecule has 0 aromatic rings. The van der Waals surface area contributed by atoms with E-state index in [4.69, 9.17) is 14.2 Å². The number of fused-ring (bicyclic) bond motifs is 2. The Morgan fingerprint density at radius 2 is 2.05 bits per heavy atom. The van der Waals surface area contributed by atoms with E-state index >= 15 is 0 Å². The minimum Gasteiger partial charge on any atom is -0.458 e. The van der Waals surface area contributed by atoms with Crippen LogP contribution in [0.2, 0.25) is 0 Å². The van der Waals surface area contributed by atoms with Crippen LogP contribution in [0, 0.1) is 11.8 Å². The van der Waals surface area contributed by atoms with Crippen LogP contribution >= 0.6 is 0 Å². The zero-order chi connectivity index (χ0) is 15.0. The van der Waals surface area contributed by atoms with Crippen LogP contribution in [0.15, 0.2) is 24.3 Å². The fourth-order valence-corrected chi connectivity index (χ4v) is 3.51. The maximum absolute atomic E-state index is 11.5. The molecule has 2 bridgehead atoms. The van der Waals surface area contributed by atoms with E-state index in [0.29, 0.717) is 12.8 Å². The summed E-state index contributed by atoms with van der Waals surface area (Å²) in [7, 11) is 0. The van der Waals surface area contributed by atoms with E-state index < -0.39 is 6.10 Å². The summed E-state index contributed by atoms with van der Waals surface area (Å²) in [4.78, 5) is 22.9. The molecular formula is C16H20O5. The zero-order valence-corrected chi connectivity index (χ0v) is 12.2. The summed E-state index contributed by atoms with van der Waals surface area (Å²) in [6.07, 6.45) is 7.98. The molecule has 3 aliphatic rings. The predicted molar refractivity (Wildman–Crippen MR) is 74.3 cm³/mol. The Morgan fingerprint density at radius 3 is 2.67 bits per heavy atom. The average Bonchev–Trinajstić information content (AvgIpc) is 2.86. The van der Waals surface area contributed by atoms with Crippen LogP contribution < -0.4 is 0 Å². The van der Waals surface area contributed by atoms with Crippen LogP contribution in [-0.4, -0.2) is 36.4 Å². The van der Waals surface area contributed by atoms with Crippen LogP contribution in [0.1, 0.15) is 26.7 Å². The van der Waals surface area contributed by atoms with Gasteiger partial charge in [0.2, 0.25) is 0 Å². The molecule has 3 aliphatic heterocycles. The van der Waals surface area contributed by atoms with E-state index in [0.717, 1.165) is 0 Å². The second-order valence-electron chi connectivity index (χ2n) is 5.91. The molecule has 114 valence electrons. The van der Waals surface area contributed by atoms with Gasteiger partial charge in [0.15, 0.2) is 0 Å². The first-order valence-corrected chi connectivity index (χ1v) is 7.43. The third kappa shape index (κ3) is 2.75. The minimum absolute atomic E-state index is 0.00370. The summed E-state index contributed by atoms with van der Waals surface area (Å²) in [5, 5.41) is 0. The van der Waals surface area contributed by atoms with Crippen molar-refractivity contribution in [2.75, 3.05) is 0 Å². The molecule has 0 aliphatic carbocycles. The average molecular weight is 292 g/mol. The predicted octanol–water partition coefficient (Wildman–Crippen LogP) is 1.77. The number of allylic oxidation sites excluding steroid dienone is 2. The van der Waals surface area contributed by atoms with Crippen molar-refractivity contribution in [1.29, 1.82) is 0 Å². The van der Waals surface area contributed by atoms with Crippen molar-refractivity contribution in [3.8, 4) is 0 Å². The lowest BCUT2D eigenvalue weighted by Crippen LogP contribution is -2.43. The lowest BCUT2D eigenvalue weighted by atomic mass is 9.80. The van der Waals surface area contributed by atoms with Gasteiger partial charge in [0, 0.05) is 19.3 Å². The number of cyclic esters (lactones) is 1. The third-order valence-corrected chi connectivity index (χ3v) is 4.50. The van der Waals surface area contributed by atoms with Crippen LogP contribution in [0.25, 0.3) is 0 Å². The van der Waals surface area contributed by atoms with E-state index in [2.05, 4.69) is 6.92 Å². The van der Waals surface area contributed by atoms with Gasteiger partial charge in [0.1, 0.15) is 12.2 Å². The summed E-state index contributed by atoms with van der Waals surface area (Å²) >= 11 is 0. The molecule has 6 atom stereocenters. The number of rotatable bonds is 3. The van der Waals surface area contributed by atoms with Crippen LogP contribution in [0.3, 0.4) is 0 Å². The summed E-state index contributed by atoms with van der Waals surface area (Å²) in [5.41, 5.74) is 0. The quantitative estimate of drug-likeness (QED) is 0.742. The Balaban J connectivity index is 1.85. The number of carbonyl (C=O) groups is 2. The SMILES string of the molecule is CC(=O)O[C@@H]([C@@H]1[C@H](C)[C@@H]2C=CC=C[C@H]1O2)[C@H]1CCC(=O)O1. The highest BCUT2D eigenvalue weighted by Crippen LogP contribution is 2.41. The number of hydrogen-bond acceptors (Lipinski definition) is 5. The first kappa shape index (κ1) is 14.3. The molecule has 5 nitrogen and oxygen atoms in total. The molecule has 0 saturated carbocycles. The molecular weight excluding hydrogens is 272 g/mol. The second kappa shape index (κ2) is 5.64. The fourth-order valence-electron chi connectivity index (χ4n) is 3.51. The molecule has 0 aromatic carbocycles. The topological polar surface area (TPSA) is 61.8 Å². The van der Waals surface area contributed by atoms with Gasteiger partial charge in [-0.1, -0.05) is 31.2 Å². The molecule has 21 heavy (non-hydrogen) atoms. The Bertz CT molecular complexity index is 495. The summed E-state index contributed by atoms with van der Waals surface area (Å²) in [6.45, 7) is 3.48. The van der Waals surface area contributed by atoms with Crippen LogP contribution in [-0.2, 0) is 23.8 Å². The van der Waals surface area contributed by atoms with Gasteiger partial charge in [-0.3, -0.25) is 9.59 Å². The van der Waals surface area contributed by atoms with Gasteiger partial charge >= 0.3 is 11.9 Å². The van der Waals surface area contributed by atoms with E-state index in [1.807, 2.05) is 24.3 Å². The van der Waals surface area contributed by atoms with Gasteiger partial charge in [-0.2, -0.15) is 0 Å². The molecule has 2 saturated heterocycles. The molecule has 5 heteroatoms. The monoisotopic (exact) mass is 292 g/mol. The van der Waals surface area contributed by atoms with Crippen molar-refractivity contribution in [1.82, 2.24) is 0 Å². The van der Waals surface area contributed by atoms with Gasteiger partial charge in [-0.25, -0.2) is 0 Å². The molecule has 2 fully saturated rings. The summed E-state index contributed by atoms with van der Waals surface area (Å²) in [6, 6.07) is 0. The third-order valence-electron chi connectivity index (χ3n) is 4.50. The number of esters is 2. The van der Waals surface area contributed by atoms with Crippen LogP contribution in [0.5, 0.6) is 0 Å². The van der Waals surface area contributed by atoms with Crippen LogP contribution in [0.4, 0.5) is 0 Å². The first-order valence-electron chi connectivity index (χ1n) is 7.43. The fraction of sp³-hybridized carbons (Fsp3) is 0.625. The van der Waals surface area contributed by atoms with E-state index in [1.54, 1.807) is 0 Å². The highest BCUT2D eigenvalue weighted by atomic mass is 16.6. The molecule has 0 amide bonds. The normalized spacial score (nSPS) is 39.0. The summed E-state index contributed by atoms with van der Waals surface area (Å²) in [5.74, 6) is -0.385. The Hall–Kier alpha value is -1.62. The number of hydrogen-bond donors (Lipinski definition) is 0. The maximum atomic E-state index is 11.5. The zero-order valence-electron chi connectivity index (χ0n) is 12.2. The van der Waals surface area contributed by atoms with Crippen molar-refractivity contribution in [3.05, 3.63) is 24.3 Å². The Labute approximate surface area is 123 Å². The van der Waals surface area contributed by atoms with Gasteiger partial charge in [0.05, 0.1) is 12.2 Å². The van der Waals surface area contributed by atoms with E-state index in [9.17, 15) is 9.59 Å². The molecule has 3 heterocycles. The smallest absolute Gasteiger partial charge is 0.306 e. The highest BCUT2D eigenvalue weighted by molar-refractivity contribution is 5.72. The highest BCUT2D eigenvalue weighted by Gasteiger charge is 2.50. The Kier molecular flexibility index (Phi) is 3.85. The van der Waals surface area contributed by atoms with Crippen molar-refractivity contribution in [2.45, 2.75) is 51.1 Å². The lowest BCUT2D eigenvalue weighted by molar-refractivity contribution is -0.166. The molecule has 0 aromatic heterocycles. The molecule has 0 N–H and O–H groups in total. The second-order valence-corrected chi connectivity index (χ2v) is 5.91. The van der Waals surface area contributed by atoms with Crippen molar-refractivity contribution < 1.29 is 23.8 Å². The van der Waals surface area contributed by atoms with Gasteiger partial charge in [-0.15, -0.1) is 0 Å². The minimum atomic E-state index is -0.449. The molecule has 3 rings (SSSR count). The number of ether oxygens (including phenoxy) is 3. The van der Waals surface area contributed by atoms with Crippen molar-refractivity contribution in [3.63, 3.8) is 0 Å². The van der Waals surface area contributed by atoms with Gasteiger partial charge in [0.25, 0.3) is 0 Å². The standard InChI is InChI=1S/C16H20O5/c1-9-11-5-3-4-6-12(20-11)15(9)16(19-10(2)17)13-7-8-14(18)21-13/h3-6,9,11-13,15-16H,7-8H2,1-2H3/t9-,11+,12-,13-,15-,16-/m1/s1. The van der Waals surface area contributed by atoms with E-state index in [-0.39, 0.29) is 42.1 Å². The van der Waals surface area contributed by atoms with E-state index in [1.165, 1.54) is 6.92 Å². The van der Waals surface area contributed by atoms with Crippen molar-refractivity contribution >= 4 is 11.9 Å².